The van der Waals surface area contributed by atoms with Crippen LogP contribution in [0.25, 0.3) is 11.3 Å². The number of anilines is 1. The summed E-state index contributed by atoms with van der Waals surface area (Å²) in [4.78, 5) is 4.32. The Bertz CT molecular complexity index is 787. The third-order valence-corrected chi connectivity index (χ3v) is 3.23. The summed E-state index contributed by atoms with van der Waals surface area (Å²) < 4.78 is 5.39. The molecule has 0 bridgehead atoms. The van der Waals surface area contributed by atoms with Crippen LogP contribution in [0.15, 0.2) is 59.2 Å². The fraction of sp³-hybridized carbons (Fsp3) is 0.0588. The molecule has 3 aromatic rings. The molecule has 0 fully saturated rings. The zero-order valence-corrected chi connectivity index (χ0v) is 11.3. The molecule has 0 aliphatic rings. The Labute approximate surface area is 122 Å². The van der Waals surface area contributed by atoms with E-state index >= 15 is 0 Å². The van der Waals surface area contributed by atoms with Gasteiger partial charge in [0, 0.05) is 17.7 Å². The van der Waals surface area contributed by atoms with Gasteiger partial charge in [-0.3, -0.25) is 0 Å². The minimum Gasteiger partial charge on any atom is -0.464 e. The fourth-order valence-corrected chi connectivity index (χ4v) is 2.26. The summed E-state index contributed by atoms with van der Waals surface area (Å²) in [6, 6.07) is 17.5. The number of hydrogen-bond donors (Lipinski definition) is 1. The van der Waals surface area contributed by atoms with E-state index in [-0.39, 0.29) is 5.82 Å². The molecule has 2 heterocycles. The Balaban J connectivity index is 2.06. The third-order valence-electron chi connectivity index (χ3n) is 3.23. The smallest absolute Gasteiger partial charge is 0.142 e. The van der Waals surface area contributed by atoms with Crippen LogP contribution in [0.1, 0.15) is 16.8 Å². The van der Waals surface area contributed by atoms with Gasteiger partial charge in [-0.1, -0.05) is 30.3 Å². The van der Waals surface area contributed by atoms with E-state index in [2.05, 4.69) is 11.1 Å². The fourth-order valence-electron chi connectivity index (χ4n) is 2.26. The number of nitrogen functional groups attached to an aromatic ring is 1. The molecule has 0 aliphatic heterocycles. The first-order valence-electron chi connectivity index (χ1n) is 6.55. The molecule has 0 aliphatic carbocycles. The summed E-state index contributed by atoms with van der Waals surface area (Å²) in [5, 5.41) is 9.27. The molecule has 0 radical (unpaired) electrons. The molecule has 0 saturated carbocycles. The Hall–Kier alpha value is -3.06. The van der Waals surface area contributed by atoms with Crippen LogP contribution in [-0.2, 0) is 6.42 Å². The second-order valence-corrected chi connectivity index (χ2v) is 4.67. The van der Waals surface area contributed by atoms with Crippen molar-refractivity contribution in [2.24, 2.45) is 0 Å². The Morgan fingerprint density at radius 2 is 1.95 bits per heavy atom. The first-order valence-corrected chi connectivity index (χ1v) is 6.55. The van der Waals surface area contributed by atoms with Gasteiger partial charge in [-0.15, -0.1) is 0 Å². The number of furan rings is 1. The summed E-state index contributed by atoms with van der Waals surface area (Å²) in [6.07, 6.45) is 2.23. The average Bonchev–Trinajstić information content (AvgIpc) is 3.02. The van der Waals surface area contributed by atoms with Crippen LogP contribution in [0.2, 0.25) is 0 Å². The zero-order chi connectivity index (χ0) is 14.7. The van der Waals surface area contributed by atoms with Crippen molar-refractivity contribution in [2.75, 3.05) is 5.73 Å². The lowest BCUT2D eigenvalue weighted by Gasteiger charge is -2.08. The molecule has 0 unspecified atom stereocenters. The van der Waals surface area contributed by atoms with Crippen molar-refractivity contribution in [3.8, 4) is 17.4 Å². The van der Waals surface area contributed by atoms with Crippen LogP contribution in [-0.4, -0.2) is 4.98 Å². The molecule has 0 saturated heterocycles. The maximum atomic E-state index is 9.27. The molecular formula is C17H13N3O. The van der Waals surface area contributed by atoms with E-state index in [4.69, 9.17) is 10.2 Å². The van der Waals surface area contributed by atoms with Crippen LogP contribution < -0.4 is 5.73 Å². The summed E-state index contributed by atoms with van der Waals surface area (Å²) in [5.74, 6) is 0.854. The Morgan fingerprint density at radius 3 is 2.62 bits per heavy atom. The maximum absolute atomic E-state index is 9.27. The first-order chi connectivity index (χ1) is 10.3. The van der Waals surface area contributed by atoms with Crippen molar-refractivity contribution in [3.05, 3.63) is 71.6 Å². The van der Waals surface area contributed by atoms with E-state index in [0.29, 0.717) is 23.3 Å². The summed E-state index contributed by atoms with van der Waals surface area (Å²) in [6.45, 7) is 0. The average molecular weight is 275 g/mol. The maximum Gasteiger partial charge on any atom is 0.142 e. The van der Waals surface area contributed by atoms with Crippen molar-refractivity contribution in [1.29, 1.82) is 5.26 Å². The number of rotatable bonds is 3. The Kier molecular flexibility index (Phi) is 3.40. The van der Waals surface area contributed by atoms with Gasteiger partial charge in [-0.2, -0.15) is 5.26 Å². The highest BCUT2D eigenvalue weighted by Crippen LogP contribution is 2.28. The minimum atomic E-state index is 0.234. The van der Waals surface area contributed by atoms with Crippen LogP contribution in [0.5, 0.6) is 0 Å². The van der Waals surface area contributed by atoms with E-state index < -0.39 is 0 Å². The molecule has 4 nitrogen and oxygen atoms in total. The lowest BCUT2D eigenvalue weighted by molar-refractivity contribution is 0.582. The molecule has 4 heteroatoms. The number of nitriles is 1. The molecule has 21 heavy (non-hydrogen) atoms. The standard InChI is InChI=1S/C17H13N3O/c18-11-15-14(16-7-4-8-21-16)10-13(20-17(15)19)9-12-5-2-1-3-6-12/h1-8,10H,9H2,(H2,19,20). The Morgan fingerprint density at radius 1 is 1.14 bits per heavy atom. The van der Waals surface area contributed by atoms with Gasteiger partial charge in [0.2, 0.25) is 0 Å². The molecule has 0 atom stereocenters. The highest BCUT2D eigenvalue weighted by Gasteiger charge is 2.14. The first kappa shape index (κ1) is 12.9. The van der Waals surface area contributed by atoms with Crippen LogP contribution in [0.3, 0.4) is 0 Å². The number of pyridine rings is 1. The normalized spacial score (nSPS) is 10.2. The van der Waals surface area contributed by atoms with Crippen molar-refractivity contribution < 1.29 is 4.42 Å². The predicted octanol–water partition coefficient (Wildman–Crippen LogP) is 3.39. The minimum absolute atomic E-state index is 0.234. The van der Waals surface area contributed by atoms with Crippen molar-refractivity contribution in [3.63, 3.8) is 0 Å². The molecular weight excluding hydrogens is 262 g/mol. The van der Waals surface area contributed by atoms with Gasteiger partial charge in [0.1, 0.15) is 23.2 Å². The number of benzene rings is 1. The van der Waals surface area contributed by atoms with Gasteiger partial charge in [-0.25, -0.2) is 4.98 Å². The van der Waals surface area contributed by atoms with Crippen molar-refractivity contribution in [2.45, 2.75) is 6.42 Å². The van der Waals surface area contributed by atoms with Gasteiger partial charge in [0.25, 0.3) is 0 Å². The van der Waals surface area contributed by atoms with E-state index in [9.17, 15) is 5.26 Å². The van der Waals surface area contributed by atoms with Gasteiger partial charge < -0.3 is 10.2 Å². The van der Waals surface area contributed by atoms with Crippen LogP contribution in [0.4, 0.5) is 5.82 Å². The predicted molar refractivity (Wildman–Crippen MR) is 80.3 cm³/mol. The molecule has 3 rings (SSSR count). The number of nitrogens with two attached hydrogens (primary N) is 1. The van der Waals surface area contributed by atoms with E-state index in [1.807, 2.05) is 42.5 Å². The van der Waals surface area contributed by atoms with Gasteiger partial charge >= 0.3 is 0 Å². The van der Waals surface area contributed by atoms with Crippen molar-refractivity contribution >= 4 is 5.82 Å². The summed E-state index contributed by atoms with van der Waals surface area (Å²) >= 11 is 0. The molecule has 1 aromatic carbocycles. The highest BCUT2D eigenvalue weighted by atomic mass is 16.3. The van der Waals surface area contributed by atoms with Gasteiger partial charge in [-0.05, 0) is 23.8 Å². The van der Waals surface area contributed by atoms with Crippen LogP contribution in [0, 0.1) is 11.3 Å². The molecule has 0 amide bonds. The number of hydrogen-bond acceptors (Lipinski definition) is 4. The SMILES string of the molecule is N#Cc1c(-c2ccco2)cc(Cc2ccccc2)nc1N. The third kappa shape index (κ3) is 2.63. The summed E-state index contributed by atoms with van der Waals surface area (Å²) in [5.41, 5.74) is 8.90. The van der Waals surface area contributed by atoms with Crippen LogP contribution >= 0.6 is 0 Å². The van der Waals surface area contributed by atoms with Gasteiger partial charge in [0.05, 0.1) is 6.26 Å². The van der Waals surface area contributed by atoms with E-state index in [1.54, 1.807) is 12.3 Å². The molecule has 2 aromatic heterocycles. The van der Waals surface area contributed by atoms with E-state index in [0.717, 1.165) is 11.3 Å². The van der Waals surface area contributed by atoms with Crippen molar-refractivity contribution in [1.82, 2.24) is 4.98 Å². The molecule has 102 valence electrons. The second-order valence-electron chi connectivity index (χ2n) is 4.67. The number of nitrogens with zero attached hydrogens (tertiary/aromatic N) is 2. The monoisotopic (exact) mass is 275 g/mol. The quantitative estimate of drug-likeness (QED) is 0.795. The molecule has 0 spiro atoms. The lowest BCUT2D eigenvalue weighted by Crippen LogP contribution is -2.02. The largest absolute Gasteiger partial charge is 0.464 e. The highest BCUT2D eigenvalue weighted by molar-refractivity contribution is 5.72. The van der Waals surface area contributed by atoms with E-state index in [1.165, 1.54) is 0 Å². The second kappa shape index (κ2) is 5.51. The van der Waals surface area contributed by atoms with Gasteiger partial charge in [0.15, 0.2) is 0 Å². The number of aromatic nitrogens is 1. The topological polar surface area (TPSA) is 75.8 Å². The lowest BCUT2D eigenvalue weighted by atomic mass is 10.0. The molecule has 2 N–H and O–H groups in total. The zero-order valence-electron chi connectivity index (χ0n) is 11.3. The summed E-state index contributed by atoms with van der Waals surface area (Å²) in [7, 11) is 0.